The maximum absolute atomic E-state index is 5.09. The predicted molar refractivity (Wildman–Crippen MR) is 53.1 cm³/mol. The Morgan fingerprint density at radius 3 is 2.64 bits per heavy atom. The fraction of sp³-hybridized carbons (Fsp3) is 0.778. The maximum atomic E-state index is 5.09. The molecule has 0 aliphatic rings. The molecular weight excluding hydrogens is 158 g/mol. The Hall–Kier alpha value is -0.190. The van der Waals surface area contributed by atoms with E-state index in [9.17, 15) is 0 Å². The maximum Gasteiger partial charge on any atom is 0.0575 e. The van der Waals surface area contributed by atoms with Crippen LogP contribution in [0, 0.1) is 12.3 Å². The lowest BCUT2D eigenvalue weighted by molar-refractivity contribution is 0.522. The summed E-state index contributed by atoms with van der Waals surface area (Å²) in [4.78, 5) is 0. The van der Waals surface area contributed by atoms with Gasteiger partial charge in [-0.25, -0.2) is 0 Å². The molecule has 0 radical (unpaired) electrons. The standard InChI is InChI=1S/C9H17N.ClH/c1-4-6-7-9(3)10-8-5-2;/h2,9-10H,4,6-8H2,1,3H3;1H. The summed E-state index contributed by atoms with van der Waals surface area (Å²) >= 11 is 0. The molecule has 0 spiro atoms. The molecule has 0 saturated heterocycles. The van der Waals surface area contributed by atoms with Crippen LogP contribution in [-0.4, -0.2) is 12.6 Å². The second-order valence-electron chi connectivity index (χ2n) is 2.63. The summed E-state index contributed by atoms with van der Waals surface area (Å²) in [6, 6.07) is 0.580. The molecule has 0 aliphatic carbocycles. The molecule has 11 heavy (non-hydrogen) atoms. The number of nitrogens with one attached hydrogen (secondary N) is 1. The second kappa shape index (κ2) is 9.81. The third kappa shape index (κ3) is 9.81. The summed E-state index contributed by atoms with van der Waals surface area (Å²) in [5.41, 5.74) is 0. The van der Waals surface area contributed by atoms with E-state index in [1.807, 2.05) is 0 Å². The first-order valence-electron chi connectivity index (χ1n) is 3.98. The quantitative estimate of drug-likeness (QED) is 0.632. The van der Waals surface area contributed by atoms with E-state index >= 15 is 0 Å². The summed E-state index contributed by atoms with van der Waals surface area (Å²) in [5, 5.41) is 3.23. The van der Waals surface area contributed by atoms with Crippen LogP contribution in [0.15, 0.2) is 0 Å². The van der Waals surface area contributed by atoms with Crippen molar-refractivity contribution in [2.75, 3.05) is 6.54 Å². The average Bonchev–Trinajstić information content (AvgIpc) is 1.97. The lowest BCUT2D eigenvalue weighted by atomic mass is 10.1. The molecule has 0 aliphatic heterocycles. The van der Waals surface area contributed by atoms with Gasteiger partial charge in [-0.15, -0.1) is 18.8 Å². The molecule has 0 heterocycles. The predicted octanol–water partition coefficient (Wildman–Crippen LogP) is 2.21. The number of unbranched alkanes of at least 4 members (excludes halogenated alkanes) is 1. The number of hydrogen-bond acceptors (Lipinski definition) is 1. The van der Waals surface area contributed by atoms with Crippen molar-refractivity contribution in [3.05, 3.63) is 0 Å². The Labute approximate surface area is 76.4 Å². The Balaban J connectivity index is 0. The van der Waals surface area contributed by atoms with Gasteiger partial charge in [0.05, 0.1) is 6.54 Å². The van der Waals surface area contributed by atoms with E-state index in [1.165, 1.54) is 19.3 Å². The molecule has 2 heteroatoms. The van der Waals surface area contributed by atoms with E-state index in [-0.39, 0.29) is 12.4 Å². The van der Waals surface area contributed by atoms with Crippen LogP contribution >= 0.6 is 12.4 Å². The fourth-order valence-electron chi connectivity index (χ4n) is 0.846. The van der Waals surface area contributed by atoms with Crippen LogP contribution in [0.5, 0.6) is 0 Å². The highest BCUT2D eigenvalue weighted by Crippen LogP contribution is 1.98. The van der Waals surface area contributed by atoms with Crippen LogP contribution in [0.4, 0.5) is 0 Å². The van der Waals surface area contributed by atoms with Gasteiger partial charge in [0.1, 0.15) is 0 Å². The molecule has 0 saturated carbocycles. The monoisotopic (exact) mass is 175 g/mol. The van der Waals surface area contributed by atoms with Crippen LogP contribution in [0.2, 0.25) is 0 Å². The number of halogens is 1. The first-order valence-corrected chi connectivity index (χ1v) is 3.98. The van der Waals surface area contributed by atoms with Crippen molar-refractivity contribution in [2.45, 2.75) is 39.2 Å². The van der Waals surface area contributed by atoms with Gasteiger partial charge in [-0.1, -0.05) is 25.7 Å². The largest absolute Gasteiger partial charge is 0.304 e. The van der Waals surface area contributed by atoms with E-state index in [0.29, 0.717) is 12.6 Å². The zero-order valence-electron chi connectivity index (χ0n) is 7.39. The van der Waals surface area contributed by atoms with Gasteiger partial charge in [0, 0.05) is 6.04 Å². The number of terminal acetylenes is 1. The molecule has 1 nitrogen and oxygen atoms in total. The van der Waals surface area contributed by atoms with Crippen molar-refractivity contribution in [3.63, 3.8) is 0 Å². The smallest absolute Gasteiger partial charge is 0.0575 e. The van der Waals surface area contributed by atoms with Gasteiger partial charge in [0.15, 0.2) is 0 Å². The zero-order valence-corrected chi connectivity index (χ0v) is 8.21. The van der Waals surface area contributed by atoms with Crippen LogP contribution in [0.1, 0.15) is 33.1 Å². The average molecular weight is 176 g/mol. The normalized spacial score (nSPS) is 11.4. The molecule has 0 aromatic carbocycles. The molecule has 0 rings (SSSR count). The summed E-state index contributed by atoms with van der Waals surface area (Å²) in [7, 11) is 0. The lowest BCUT2D eigenvalue weighted by Crippen LogP contribution is -2.25. The van der Waals surface area contributed by atoms with Gasteiger partial charge in [-0.05, 0) is 13.3 Å². The van der Waals surface area contributed by atoms with E-state index in [0.717, 1.165) is 0 Å². The van der Waals surface area contributed by atoms with Gasteiger partial charge in [0.2, 0.25) is 0 Å². The van der Waals surface area contributed by atoms with Crippen molar-refractivity contribution in [1.29, 1.82) is 0 Å². The number of hydrogen-bond donors (Lipinski definition) is 1. The minimum absolute atomic E-state index is 0. The van der Waals surface area contributed by atoms with Crippen molar-refractivity contribution >= 4 is 12.4 Å². The third-order valence-electron chi connectivity index (χ3n) is 1.54. The summed E-state index contributed by atoms with van der Waals surface area (Å²) in [5.74, 6) is 2.56. The molecule has 66 valence electrons. The van der Waals surface area contributed by atoms with Gasteiger partial charge < -0.3 is 5.32 Å². The molecule has 1 atom stereocenters. The van der Waals surface area contributed by atoms with Crippen molar-refractivity contribution in [1.82, 2.24) is 5.32 Å². The topological polar surface area (TPSA) is 12.0 Å². The minimum atomic E-state index is 0. The first kappa shape index (κ1) is 13.4. The Morgan fingerprint density at radius 2 is 2.18 bits per heavy atom. The highest BCUT2D eigenvalue weighted by molar-refractivity contribution is 5.85. The van der Waals surface area contributed by atoms with Gasteiger partial charge in [0.25, 0.3) is 0 Å². The van der Waals surface area contributed by atoms with Crippen molar-refractivity contribution in [3.8, 4) is 12.3 Å². The summed E-state index contributed by atoms with van der Waals surface area (Å²) in [6.07, 6.45) is 8.88. The fourth-order valence-corrected chi connectivity index (χ4v) is 0.846. The van der Waals surface area contributed by atoms with E-state index in [1.54, 1.807) is 0 Å². The molecule has 1 N–H and O–H groups in total. The van der Waals surface area contributed by atoms with Gasteiger partial charge in [-0.2, -0.15) is 0 Å². The molecule has 0 aromatic rings. The molecule has 0 bridgehead atoms. The van der Waals surface area contributed by atoms with Crippen LogP contribution in [-0.2, 0) is 0 Å². The zero-order chi connectivity index (χ0) is 7.82. The summed E-state index contributed by atoms with van der Waals surface area (Å²) in [6.45, 7) is 5.08. The van der Waals surface area contributed by atoms with E-state index in [4.69, 9.17) is 6.42 Å². The summed E-state index contributed by atoms with van der Waals surface area (Å²) < 4.78 is 0. The van der Waals surface area contributed by atoms with Crippen LogP contribution < -0.4 is 5.32 Å². The van der Waals surface area contributed by atoms with Crippen LogP contribution in [0.25, 0.3) is 0 Å². The Morgan fingerprint density at radius 1 is 1.55 bits per heavy atom. The second-order valence-corrected chi connectivity index (χ2v) is 2.63. The number of rotatable bonds is 5. The first-order chi connectivity index (χ1) is 4.81. The third-order valence-corrected chi connectivity index (χ3v) is 1.54. The lowest BCUT2D eigenvalue weighted by Gasteiger charge is -2.09. The molecular formula is C9H18ClN. The molecule has 0 amide bonds. The van der Waals surface area contributed by atoms with Crippen LogP contribution in [0.3, 0.4) is 0 Å². The van der Waals surface area contributed by atoms with Crippen molar-refractivity contribution in [2.24, 2.45) is 0 Å². The van der Waals surface area contributed by atoms with E-state index < -0.39 is 0 Å². The van der Waals surface area contributed by atoms with Gasteiger partial charge in [-0.3, -0.25) is 0 Å². The SMILES string of the molecule is C#CCNC(C)CCCC.Cl. The van der Waals surface area contributed by atoms with E-state index in [2.05, 4.69) is 25.1 Å². The Kier molecular flexibility index (Phi) is 12.0. The molecule has 1 unspecified atom stereocenters. The Bertz CT molecular complexity index is 107. The molecule has 0 aromatic heterocycles. The highest BCUT2D eigenvalue weighted by Gasteiger charge is 1.96. The van der Waals surface area contributed by atoms with Crippen molar-refractivity contribution < 1.29 is 0 Å². The minimum Gasteiger partial charge on any atom is -0.304 e. The highest BCUT2D eigenvalue weighted by atomic mass is 35.5. The van der Waals surface area contributed by atoms with Gasteiger partial charge >= 0.3 is 0 Å². The molecule has 0 fully saturated rings.